The first kappa shape index (κ1) is 17.4. The lowest BCUT2D eigenvalue weighted by molar-refractivity contribution is -0.137. The summed E-state index contributed by atoms with van der Waals surface area (Å²) in [6, 6.07) is 4.24. The number of hydrogen-bond acceptors (Lipinski definition) is 2. The number of carbonyl (C=O) groups excluding carboxylic acids is 1. The number of aliphatic carboxylic acids is 1. The fraction of sp³-hybridized carbons (Fsp3) is 0.556. The molecule has 21 heavy (non-hydrogen) atoms. The summed E-state index contributed by atoms with van der Waals surface area (Å²) < 4.78 is 0. The summed E-state index contributed by atoms with van der Waals surface area (Å²) >= 11 is 0. The van der Waals surface area contributed by atoms with Crippen LogP contribution >= 0.6 is 0 Å². The predicted octanol–water partition coefficient (Wildman–Crippen LogP) is 4.06. The molecule has 1 aromatic carbocycles. The number of ketones is 1. The summed E-state index contributed by atoms with van der Waals surface area (Å²) in [5.74, 6) is -0.890. The van der Waals surface area contributed by atoms with E-state index in [0.29, 0.717) is 6.42 Å². The van der Waals surface area contributed by atoms with Gasteiger partial charge in [-0.1, -0.05) is 39.8 Å². The van der Waals surface area contributed by atoms with Crippen molar-refractivity contribution in [2.45, 2.75) is 59.8 Å². The number of aryl methyl sites for hydroxylation is 3. The van der Waals surface area contributed by atoms with E-state index in [-0.39, 0.29) is 18.1 Å². The molecule has 0 aromatic heterocycles. The summed E-state index contributed by atoms with van der Waals surface area (Å²) in [6.07, 6.45) is 2.97. The van der Waals surface area contributed by atoms with Gasteiger partial charge in [-0.3, -0.25) is 9.59 Å². The molecule has 0 saturated carbocycles. The van der Waals surface area contributed by atoms with Crippen LogP contribution in [0.3, 0.4) is 0 Å². The number of hydrogen-bond donors (Lipinski definition) is 1. The average Bonchev–Trinajstić information content (AvgIpc) is 2.44. The Kier molecular flexibility index (Phi) is 6.60. The molecule has 116 valence electrons. The maximum atomic E-state index is 12.6. The Morgan fingerprint density at radius 3 is 1.90 bits per heavy atom. The number of rotatable bonds is 8. The Labute approximate surface area is 127 Å². The topological polar surface area (TPSA) is 54.4 Å². The molecule has 0 aliphatic carbocycles. The Balaban J connectivity index is 3.09. The Morgan fingerprint density at radius 1 is 1.00 bits per heavy atom. The molecular formula is C18H26O3. The molecule has 3 heteroatoms. The van der Waals surface area contributed by atoms with Gasteiger partial charge in [0.15, 0.2) is 5.78 Å². The Morgan fingerprint density at radius 2 is 1.52 bits per heavy atom. The van der Waals surface area contributed by atoms with Crippen LogP contribution in [0.4, 0.5) is 0 Å². The van der Waals surface area contributed by atoms with Crippen LogP contribution in [0.5, 0.6) is 0 Å². The van der Waals surface area contributed by atoms with Gasteiger partial charge in [-0.15, -0.1) is 0 Å². The number of Topliss-reactive ketones (excluding diaryl/α,β-unsaturated/α-hetero) is 1. The normalized spacial score (nSPS) is 12.2. The van der Waals surface area contributed by atoms with Crippen LogP contribution < -0.4 is 0 Å². The van der Waals surface area contributed by atoms with Gasteiger partial charge in [-0.2, -0.15) is 0 Å². The van der Waals surface area contributed by atoms with Crippen LogP contribution in [0.2, 0.25) is 0 Å². The van der Waals surface area contributed by atoms with Gasteiger partial charge in [0.2, 0.25) is 0 Å². The minimum Gasteiger partial charge on any atom is -0.481 e. The van der Waals surface area contributed by atoms with Crippen molar-refractivity contribution in [3.63, 3.8) is 0 Å². The highest BCUT2D eigenvalue weighted by Crippen LogP contribution is 2.23. The predicted molar refractivity (Wildman–Crippen MR) is 84.9 cm³/mol. The van der Waals surface area contributed by atoms with Crippen molar-refractivity contribution in [2.24, 2.45) is 5.92 Å². The molecule has 0 amide bonds. The highest BCUT2D eigenvalue weighted by molar-refractivity contribution is 5.99. The van der Waals surface area contributed by atoms with E-state index >= 15 is 0 Å². The van der Waals surface area contributed by atoms with E-state index in [1.165, 1.54) is 5.56 Å². The van der Waals surface area contributed by atoms with Crippen molar-refractivity contribution in [1.82, 2.24) is 0 Å². The molecule has 1 aromatic rings. The Bertz CT molecular complexity index is 492. The van der Waals surface area contributed by atoms with Crippen molar-refractivity contribution in [2.75, 3.05) is 0 Å². The first-order chi connectivity index (χ1) is 9.92. The Hall–Kier alpha value is -1.64. The third-order valence-corrected chi connectivity index (χ3v) is 3.87. The van der Waals surface area contributed by atoms with Crippen LogP contribution in [-0.4, -0.2) is 16.9 Å². The van der Waals surface area contributed by atoms with Crippen LogP contribution in [0.15, 0.2) is 12.1 Å². The summed E-state index contributed by atoms with van der Waals surface area (Å²) in [5.41, 5.74) is 4.28. The van der Waals surface area contributed by atoms with E-state index in [9.17, 15) is 9.59 Å². The van der Waals surface area contributed by atoms with Gasteiger partial charge in [-0.25, -0.2) is 0 Å². The lowest BCUT2D eigenvalue weighted by Crippen LogP contribution is -2.14. The van der Waals surface area contributed by atoms with Crippen LogP contribution in [0, 0.1) is 5.92 Å². The molecule has 0 bridgehead atoms. The highest BCUT2D eigenvalue weighted by atomic mass is 16.4. The van der Waals surface area contributed by atoms with E-state index < -0.39 is 5.97 Å². The molecule has 1 rings (SSSR count). The van der Waals surface area contributed by atoms with Crippen LogP contribution in [0.1, 0.15) is 67.6 Å². The van der Waals surface area contributed by atoms with Crippen molar-refractivity contribution in [3.8, 4) is 0 Å². The summed E-state index contributed by atoms with van der Waals surface area (Å²) in [7, 11) is 0. The van der Waals surface area contributed by atoms with Crippen molar-refractivity contribution in [3.05, 3.63) is 34.4 Å². The van der Waals surface area contributed by atoms with Crippen molar-refractivity contribution < 1.29 is 14.7 Å². The second kappa shape index (κ2) is 7.96. The zero-order valence-electron chi connectivity index (χ0n) is 13.5. The zero-order valence-corrected chi connectivity index (χ0v) is 13.5. The fourth-order valence-electron chi connectivity index (χ4n) is 2.75. The average molecular weight is 290 g/mol. The van der Waals surface area contributed by atoms with Crippen LogP contribution in [0.25, 0.3) is 0 Å². The SMILES string of the molecule is CCc1cc(CC)c(C(=O)CC(C)CC(=O)O)c(CC)c1. The van der Waals surface area contributed by atoms with Crippen LogP contribution in [-0.2, 0) is 24.1 Å². The second-order valence-corrected chi connectivity index (χ2v) is 5.68. The van der Waals surface area contributed by atoms with Gasteiger partial charge >= 0.3 is 5.97 Å². The molecule has 0 spiro atoms. The molecule has 3 nitrogen and oxygen atoms in total. The van der Waals surface area contributed by atoms with Gasteiger partial charge in [0.25, 0.3) is 0 Å². The smallest absolute Gasteiger partial charge is 0.303 e. The lowest BCUT2D eigenvalue weighted by atomic mass is 9.87. The quantitative estimate of drug-likeness (QED) is 0.735. The number of benzene rings is 1. The minimum absolute atomic E-state index is 0.0434. The molecule has 0 fully saturated rings. The molecule has 0 aliphatic rings. The standard InChI is InChI=1S/C18H26O3/c1-5-13-10-14(6-2)18(15(7-3)11-13)16(19)8-12(4)9-17(20)21/h10-12H,5-9H2,1-4H3,(H,20,21). The van der Waals surface area contributed by atoms with Gasteiger partial charge in [0.1, 0.15) is 0 Å². The largest absolute Gasteiger partial charge is 0.481 e. The fourth-order valence-corrected chi connectivity index (χ4v) is 2.75. The van der Waals surface area contributed by atoms with Gasteiger partial charge in [-0.05, 0) is 41.9 Å². The monoisotopic (exact) mass is 290 g/mol. The maximum absolute atomic E-state index is 12.6. The molecule has 0 saturated heterocycles. The second-order valence-electron chi connectivity index (χ2n) is 5.68. The summed E-state index contributed by atoms with van der Waals surface area (Å²) in [5, 5.41) is 8.83. The first-order valence-corrected chi connectivity index (χ1v) is 7.82. The third kappa shape index (κ3) is 4.69. The third-order valence-electron chi connectivity index (χ3n) is 3.87. The van der Waals surface area contributed by atoms with E-state index in [1.807, 2.05) is 6.92 Å². The molecule has 0 radical (unpaired) electrons. The molecular weight excluding hydrogens is 264 g/mol. The zero-order chi connectivity index (χ0) is 16.0. The molecule has 1 atom stereocenters. The first-order valence-electron chi connectivity index (χ1n) is 7.82. The molecule has 1 unspecified atom stereocenters. The summed E-state index contributed by atoms with van der Waals surface area (Å²) in [4.78, 5) is 23.3. The lowest BCUT2D eigenvalue weighted by Gasteiger charge is -2.16. The molecule has 0 heterocycles. The van der Waals surface area contributed by atoms with Gasteiger partial charge in [0.05, 0.1) is 0 Å². The number of carboxylic acids is 1. The van der Waals surface area contributed by atoms with E-state index in [2.05, 4.69) is 32.9 Å². The van der Waals surface area contributed by atoms with Gasteiger partial charge in [0, 0.05) is 18.4 Å². The number of carbonyl (C=O) groups is 2. The van der Waals surface area contributed by atoms with Gasteiger partial charge < -0.3 is 5.11 Å². The molecule has 1 N–H and O–H groups in total. The number of carboxylic acid groups (broad SMARTS) is 1. The summed E-state index contributed by atoms with van der Waals surface area (Å²) in [6.45, 7) is 8.06. The molecule has 0 aliphatic heterocycles. The van der Waals surface area contributed by atoms with Crippen molar-refractivity contribution in [1.29, 1.82) is 0 Å². The highest BCUT2D eigenvalue weighted by Gasteiger charge is 2.19. The maximum Gasteiger partial charge on any atom is 0.303 e. The minimum atomic E-state index is -0.844. The van der Waals surface area contributed by atoms with E-state index in [0.717, 1.165) is 36.0 Å². The van der Waals surface area contributed by atoms with Crippen molar-refractivity contribution >= 4 is 11.8 Å². The van der Waals surface area contributed by atoms with E-state index in [4.69, 9.17) is 5.11 Å². The van der Waals surface area contributed by atoms with E-state index in [1.54, 1.807) is 0 Å².